The lowest BCUT2D eigenvalue weighted by Gasteiger charge is -2.14. The van der Waals surface area contributed by atoms with Gasteiger partial charge in [-0.2, -0.15) is 0 Å². The van der Waals surface area contributed by atoms with Crippen LogP contribution in [0, 0.1) is 0 Å². The van der Waals surface area contributed by atoms with Crippen LogP contribution in [0.5, 0.6) is 0 Å². The van der Waals surface area contributed by atoms with Crippen LogP contribution >= 0.6 is 0 Å². The van der Waals surface area contributed by atoms with Gasteiger partial charge in [-0.25, -0.2) is 0 Å². The molecule has 2 N–H and O–H groups in total. The van der Waals surface area contributed by atoms with Crippen molar-refractivity contribution in [3.8, 4) is 0 Å². The number of β-amino-alcohol motifs (C(OH)–C–C–N with tert-alkyl or cyclic N) is 2. The van der Waals surface area contributed by atoms with Crippen LogP contribution in [0.3, 0.4) is 0 Å². The van der Waals surface area contributed by atoms with Crippen LogP contribution < -0.4 is 0 Å². The molecule has 0 aromatic carbocycles. The fourth-order valence-electron chi connectivity index (χ4n) is 1.93. The molecule has 0 radical (unpaired) electrons. The molecule has 2 atom stereocenters. The zero-order chi connectivity index (χ0) is 12.3. The van der Waals surface area contributed by atoms with Crippen molar-refractivity contribution in [2.75, 3.05) is 13.1 Å². The van der Waals surface area contributed by atoms with Crippen LogP contribution in [0.15, 0.2) is 24.5 Å². The topological polar surface area (TPSA) is 73.7 Å². The molecule has 5 nitrogen and oxygen atoms in total. The summed E-state index contributed by atoms with van der Waals surface area (Å²) in [5, 5.41) is 18.7. The Kier molecular flexibility index (Phi) is 3.71. The minimum Gasteiger partial charge on any atom is -0.388 e. The third kappa shape index (κ3) is 3.01. The number of nitrogens with zero attached hydrogens (tertiary/aromatic N) is 2. The standard InChI is InChI=1S/C12H16N2O3/c15-10-7-14(8-11(10)16)12(17)4-3-9-2-1-5-13-6-9/h1-2,5-6,10-11,15-16H,3-4,7-8H2. The Morgan fingerprint density at radius 1 is 1.41 bits per heavy atom. The highest BCUT2D eigenvalue weighted by molar-refractivity contribution is 5.76. The van der Waals surface area contributed by atoms with E-state index in [9.17, 15) is 15.0 Å². The normalized spacial score (nSPS) is 24.0. The van der Waals surface area contributed by atoms with Gasteiger partial charge in [-0.1, -0.05) is 6.07 Å². The van der Waals surface area contributed by atoms with Crippen molar-refractivity contribution < 1.29 is 15.0 Å². The third-order valence-corrected chi connectivity index (χ3v) is 2.96. The molecule has 0 spiro atoms. The van der Waals surface area contributed by atoms with Gasteiger partial charge in [0.25, 0.3) is 0 Å². The lowest BCUT2D eigenvalue weighted by atomic mass is 10.1. The summed E-state index contributed by atoms with van der Waals surface area (Å²) in [5.74, 6) is -0.0375. The summed E-state index contributed by atoms with van der Waals surface area (Å²) in [7, 11) is 0. The number of hydrogen-bond donors (Lipinski definition) is 2. The maximum atomic E-state index is 11.8. The van der Waals surface area contributed by atoms with Gasteiger partial charge >= 0.3 is 0 Å². The van der Waals surface area contributed by atoms with E-state index in [-0.39, 0.29) is 19.0 Å². The fourth-order valence-corrected chi connectivity index (χ4v) is 1.93. The van der Waals surface area contributed by atoms with Crippen molar-refractivity contribution in [2.45, 2.75) is 25.0 Å². The maximum Gasteiger partial charge on any atom is 0.223 e. The molecule has 0 aliphatic carbocycles. The summed E-state index contributed by atoms with van der Waals surface area (Å²) in [6.45, 7) is 0.458. The SMILES string of the molecule is O=C(CCc1cccnc1)N1CC(O)C(O)C1. The van der Waals surface area contributed by atoms with E-state index in [1.807, 2.05) is 12.1 Å². The molecule has 5 heteroatoms. The summed E-state index contributed by atoms with van der Waals surface area (Å²) in [6, 6.07) is 3.76. The quantitative estimate of drug-likeness (QED) is 0.747. The predicted molar refractivity (Wildman–Crippen MR) is 61.2 cm³/mol. The van der Waals surface area contributed by atoms with Gasteiger partial charge in [0.05, 0.1) is 12.2 Å². The first-order chi connectivity index (χ1) is 8.16. The molecule has 92 valence electrons. The van der Waals surface area contributed by atoms with Crippen molar-refractivity contribution in [3.05, 3.63) is 30.1 Å². The van der Waals surface area contributed by atoms with E-state index >= 15 is 0 Å². The van der Waals surface area contributed by atoms with Crippen molar-refractivity contribution >= 4 is 5.91 Å². The minimum absolute atomic E-state index is 0.0375. The molecule has 2 heterocycles. The second-order valence-electron chi connectivity index (χ2n) is 4.29. The Labute approximate surface area is 99.7 Å². The molecule has 1 saturated heterocycles. The molecule has 2 unspecified atom stereocenters. The predicted octanol–water partition coefficient (Wildman–Crippen LogP) is -0.422. The molecule has 1 aliphatic heterocycles. The highest BCUT2D eigenvalue weighted by Crippen LogP contribution is 2.12. The Morgan fingerprint density at radius 3 is 2.71 bits per heavy atom. The summed E-state index contributed by atoms with van der Waals surface area (Å²) in [4.78, 5) is 17.3. The van der Waals surface area contributed by atoms with Crippen LogP contribution in [0.25, 0.3) is 0 Å². The van der Waals surface area contributed by atoms with Gasteiger partial charge in [0, 0.05) is 31.9 Å². The highest BCUT2D eigenvalue weighted by Gasteiger charge is 2.31. The summed E-state index contributed by atoms with van der Waals surface area (Å²) < 4.78 is 0. The first-order valence-corrected chi connectivity index (χ1v) is 5.69. The van der Waals surface area contributed by atoms with Gasteiger partial charge in [-0.05, 0) is 18.1 Å². The number of likely N-dealkylation sites (tertiary alicyclic amines) is 1. The second-order valence-corrected chi connectivity index (χ2v) is 4.29. The molecule has 1 aliphatic rings. The summed E-state index contributed by atoms with van der Waals surface area (Å²) in [6.07, 6.45) is 2.83. The Balaban J connectivity index is 1.82. The van der Waals surface area contributed by atoms with Gasteiger partial charge in [0.15, 0.2) is 0 Å². The van der Waals surface area contributed by atoms with E-state index in [0.717, 1.165) is 5.56 Å². The molecule has 1 fully saturated rings. The van der Waals surface area contributed by atoms with Crippen LogP contribution in [-0.2, 0) is 11.2 Å². The molecule has 17 heavy (non-hydrogen) atoms. The van der Waals surface area contributed by atoms with Crippen molar-refractivity contribution in [2.24, 2.45) is 0 Å². The van der Waals surface area contributed by atoms with Crippen LogP contribution in [-0.4, -0.2) is 51.3 Å². The number of carbonyl (C=O) groups excluding carboxylic acids is 1. The van der Waals surface area contributed by atoms with Crippen LogP contribution in [0.2, 0.25) is 0 Å². The summed E-state index contributed by atoms with van der Waals surface area (Å²) >= 11 is 0. The van der Waals surface area contributed by atoms with Gasteiger partial charge < -0.3 is 15.1 Å². The summed E-state index contributed by atoms with van der Waals surface area (Å²) in [5.41, 5.74) is 1.01. The van der Waals surface area contributed by atoms with E-state index in [1.165, 1.54) is 4.90 Å². The first-order valence-electron chi connectivity index (χ1n) is 5.69. The lowest BCUT2D eigenvalue weighted by molar-refractivity contribution is -0.130. The van der Waals surface area contributed by atoms with Gasteiger partial charge in [-0.3, -0.25) is 9.78 Å². The number of aliphatic hydroxyl groups is 2. The van der Waals surface area contributed by atoms with E-state index in [1.54, 1.807) is 12.4 Å². The first kappa shape index (κ1) is 12.0. The Hall–Kier alpha value is -1.46. The van der Waals surface area contributed by atoms with Crippen LogP contribution in [0.1, 0.15) is 12.0 Å². The number of aromatic nitrogens is 1. The lowest BCUT2D eigenvalue weighted by Crippen LogP contribution is -2.29. The van der Waals surface area contributed by atoms with E-state index in [0.29, 0.717) is 12.8 Å². The third-order valence-electron chi connectivity index (χ3n) is 2.96. The molecular weight excluding hydrogens is 220 g/mol. The largest absolute Gasteiger partial charge is 0.388 e. The molecular formula is C12H16N2O3. The average Bonchev–Trinajstić information content (AvgIpc) is 2.68. The molecule has 1 aromatic heterocycles. The number of hydrogen-bond acceptors (Lipinski definition) is 4. The van der Waals surface area contributed by atoms with Crippen molar-refractivity contribution in [3.63, 3.8) is 0 Å². The van der Waals surface area contributed by atoms with Gasteiger partial charge in [0.2, 0.25) is 5.91 Å². The van der Waals surface area contributed by atoms with E-state index < -0.39 is 12.2 Å². The molecule has 0 bridgehead atoms. The van der Waals surface area contributed by atoms with Gasteiger partial charge in [-0.15, -0.1) is 0 Å². The number of pyridine rings is 1. The molecule has 1 aromatic rings. The zero-order valence-corrected chi connectivity index (χ0v) is 9.49. The molecule has 2 rings (SSSR count). The smallest absolute Gasteiger partial charge is 0.223 e. The zero-order valence-electron chi connectivity index (χ0n) is 9.49. The monoisotopic (exact) mass is 236 g/mol. The average molecular weight is 236 g/mol. The number of aryl methyl sites for hydroxylation is 1. The number of carbonyl (C=O) groups is 1. The van der Waals surface area contributed by atoms with Gasteiger partial charge in [0.1, 0.15) is 0 Å². The fraction of sp³-hybridized carbons (Fsp3) is 0.500. The number of amides is 1. The minimum atomic E-state index is -0.808. The van der Waals surface area contributed by atoms with Crippen molar-refractivity contribution in [1.29, 1.82) is 0 Å². The van der Waals surface area contributed by atoms with E-state index in [2.05, 4.69) is 4.98 Å². The van der Waals surface area contributed by atoms with Crippen LogP contribution in [0.4, 0.5) is 0 Å². The van der Waals surface area contributed by atoms with E-state index in [4.69, 9.17) is 0 Å². The Bertz CT molecular complexity index is 373. The molecule has 0 saturated carbocycles. The second kappa shape index (κ2) is 5.25. The highest BCUT2D eigenvalue weighted by atomic mass is 16.3. The maximum absolute atomic E-state index is 11.8. The number of rotatable bonds is 3. The molecule has 1 amide bonds. The van der Waals surface area contributed by atoms with Crippen molar-refractivity contribution in [1.82, 2.24) is 9.88 Å². The number of aliphatic hydroxyl groups excluding tert-OH is 2. The Morgan fingerprint density at radius 2 is 2.12 bits per heavy atom.